The summed E-state index contributed by atoms with van der Waals surface area (Å²) in [5.74, 6) is 2.58. The second kappa shape index (κ2) is 8.03. The molecule has 1 fully saturated rings. The Labute approximate surface area is 174 Å². The van der Waals surface area contributed by atoms with Crippen molar-refractivity contribution in [1.82, 2.24) is 9.88 Å². The van der Waals surface area contributed by atoms with Gasteiger partial charge in [-0.1, -0.05) is 30.3 Å². The maximum atomic E-state index is 12.9. The summed E-state index contributed by atoms with van der Waals surface area (Å²) in [4.78, 5) is 19.4. The monoisotopic (exact) mass is 398 g/mol. The summed E-state index contributed by atoms with van der Waals surface area (Å²) < 4.78 is 11.7. The number of fused-ring (bicyclic) bond motifs is 1. The molecular weight excluding hydrogens is 376 g/mol. The molecule has 5 rings (SSSR count). The average molecular weight is 398 g/mol. The van der Waals surface area contributed by atoms with Crippen LogP contribution in [0, 0.1) is 0 Å². The lowest BCUT2D eigenvalue weighted by Crippen LogP contribution is -2.37. The normalized spacial score (nSPS) is 14.7. The number of hydrogen-bond donors (Lipinski definition) is 0. The molecule has 0 unspecified atom stereocenters. The molecule has 0 bridgehead atoms. The summed E-state index contributed by atoms with van der Waals surface area (Å²) >= 11 is 0. The van der Waals surface area contributed by atoms with E-state index >= 15 is 0 Å². The standard InChI is InChI=1S/C25H22N2O3/c28-25(19-10-12-21(13-11-19)29-20-6-2-1-3-7-20)27-16-14-18(15-17-27)24-26-22-8-4-5-9-23(22)30-24/h1-13,18H,14-17H2. The lowest BCUT2D eigenvalue weighted by Gasteiger charge is -2.30. The van der Waals surface area contributed by atoms with Crippen molar-refractivity contribution in [3.05, 3.63) is 90.3 Å². The molecule has 30 heavy (non-hydrogen) atoms. The second-order valence-electron chi connectivity index (χ2n) is 7.53. The number of amides is 1. The number of nitrogens with zero attached hydrogens (tertiary/aromatic N) is 2. The molecule has 4 aromatic rings. The van der Waals surface area contributed by atoms with E-state index < -0.39 is 0 Å². The second-order valence-corrected chi connectivity index (χ2v) is 7.53. The van der Waals surface area contributed by atoms with Gasteiger partial charge in [0.15, 0.2) is 11.5 Å². The highest BCUT2D eigenvalue weighted by Gasteiger charge is 2.27. The van der Waals surface area contributed by atoms with Crippen LogP contribution in [0.25, 0.3) is 11.1 Å². The Morgan fingerprint density at radius 2 is 1.53 bits per heavy atom. The first kappa shape index (κ1) is 18.4. The highest BCUT2D eigenvalue weighted by molar-refractivity contribution is 5.94. The van der Waals surface area contributed by atoms with E-state index in [4.69, 9.17) is 9.15 Å². The Hall–Kier alpha value is -3.60. The first-order valence-electron chi connectivity index (χ1n) is 10.2. The first-order chi connectivity index (χ1) is 14.8. The van der Waals surface area contributed by atoms with Crippen LogP contribution in [0.3, 0.4) is 0 Å². The van der Waals surface area contributed by atoms with Crippen LogP contribution in [0.2, 0.25) is 0 Å². The van der Waals surface area contributed by atoms with Crippen LogP contribution in [0.15, 0.2) is 83.3 Å². The van der Waals surface area contributed by atoms with Crippen molar-refractivity contribution in [2.45, 2.75) is 18.8 Å². The van der Waals surface area contributed by atoms with Crippen molar-refractivity contribution in [3.63, 3.8) is 0 Å². The molecule has 150 valence electrons. The van der Waals surface area contributed by atoms with Crippen LogP contribution in [0.4, 0.5) is 0 Å². The zero-order valence-electron chi connectivity index (χ0n) is 16.5. The molecule has 0 spiro atoms. The largest absolute Gasteiger partial charge is 0.457 e. The van der Waals surface area contributed by atoms with E-state index in [1.807, 2.05) is 83.8 Å². The summed E-state index contributed by atoms with van der Waals surface area (Å²) in [6, 6.07) is 24.8. The smallest absolute Gasteiger partial charge is 0.253 e. The van der Waals surface area contributed by atoms with E-state index in [2.05, 4.69) is 4.98 Å². The van der Waals surface area contributed by atoms with Gasteiger partial charge in [0.1, 0.15) is 17.0 Å². The van der Waals surface area contributed by atoms with Gasteiger partial charge in [0, 0.05) is 24.6 Å². The van der Waals surface area contributed by atoms with E-state index in [0.29, 0.717) is 24.4 Å². The van der Waals surface area contributed by atoms with E-state index in [0.717, 1.165) is 35.6 Å². The number of ether oxygens (including phenoxy) is 1. The van der Waals surface area contributed by atoms with Gasteiger partial charge in [0.05, 0.1) is 0 Å². The molecule has 3 aromatic carbocycles. The maximum Gasteiger partial charge on any atom is 0.253 e. The number of hydrogen-bond acceptors (Lipinski definition) is 4. The van der Waals surface area contributed by atoms with Gasteiger partial charge in [-0.15, -0.1) is 0 Å². The van der Waals surface area contributed by atoms with Crippen molar-refractivity contribution in [1.29, 1.82) is 0 Å². The van der Waals surface area contributed by atoms with E-state index in [1.165, 1.54) is 0 Å². The molecule has 1 aromatic heterocycles. The molecule has 5 heteroatoms. The molecular formula is C25H22N2O3. The molecule has 1 aliphatic rings. The van der Waals surface area contributed by atoms with E-state index in [1.54, 1.807) is 0 Å². The van der Waals surface area contributed by atoms with Crippen molar-refractivity contribution < 1.29 is 13.9 Å². The van der Waals surface area contributed by atoms with Gasteiger partial charge in [-0.2, -0.15) is 0 Å². The fourth-order valence-corrected chi connectivity index (χ4v) is 3.87. The third kappa shape index (κ3) is 3.79. The van der Waals surface area contributed by atoms with Crippen LogP contribution in [0.5, 0.6) is 11.5 Å². The van der Waals surface area contributed by atoms with Crippen molar-refractivity contribution in [2.24, 2.45) is 0 Å². The number of rotatable bonds is 4. The number of piperidine rings is 1. The quantitative estimate of drug-likeness (QED) is 0.446. The summed E-state index contributed by atoms with van der Waals surface area (Å²) in [6.45, 7) is 1.40. The van der Waals surface area contributed by atoms with Crippen LogP contribution in [0.1, 0.15) is 35.0 Å². The topological polar surface area (TPSA) is 55.6 Å². The lowest BCUT2D eigenvalue weighted by atomic mass is 9.96. The summed E-state index contributed by atoms with van der Waals surface area (Å²) in [5.41, 5.74) is 2.39. The highest BCUT2D eigenvalue weighted by atomic mass is 16.5. The number of likely N-dealkylation sites (tertiary alicyclic amines) is 1. The van der Waals surface area contributed by atoms with Gasteiger partial charge in [-0.3, -0.25) is 4.79 Å². The Bertz CT molecular complexity index is 1110. The molecule has 0 radical (unpaired) electrons. The van der Waals surface area contributed by atoms with Crippen LogP contribution in [-0.4, -0.2) is 28.9 Å². The Morgan fingerprint density at radius 3 is 2.27 bits per heavy atom. The summed E-state index contributed by atoms with van der Waals surface area (Å²) in [7, 11) is 0. The molecule has 0 atom stereocenters. The Morgan fingerprint density at radius 1 is 0.867 bits per heavy atom. The number of benzene rings is 3. The number of para-hydroxylation sites is 3. The van der Waals surface area contributed by atoms with Gasteiger partial charge in [-0.05, 0) is 61.4 Å². The molecule has 5 nitrogen and oxygen atoms in total. The third-order valence-corrected chi connectivity index (χ3v) is 5.52. The van der Waals surface area contributed by atoms with Gasteiger partial charge < -0.3 is 14.1 Å². The predicted molar refractivity (Wildman–Crippen MR) is 115 cm³/mol. The fourth-order valence-electron chi connectivity index (χ4n) is 3.87. The van der Waals surface area contributed by atoms with Gasteiger partial charge in [0.25, 0.3) is 5.91 Å². The molecule has 0 N–H and O–H groups in total. The van der Waals surface area contributed by atoms with Gasteiger partial charge in [0.2, 0.25) is 0 Å². The van der Waals surface area contributed by atoms with Gasteiger partial charge in [-0.25, -0.2) is 4.98 Å². The minimum Gasteiger partial charge on any atom is -0.457 e. The molecule has 1 aliphatic heterocycles. The zero-order valence-corrected chi connectivity index (χ0v) is 16.5. The SMILES string of the molecule is O=C(c1ccc(Oc2ccccc2)cc1)N1CCC(c2nc3ccccc3o2)CC1. The Kier molecular flexibility index (Phi) is 4.93. The maximum absolute atomic E-state index is 12.9. The van der Waals surface area contributed by atoms with Crippen LogP contribution in [-0.2, 0) is 0 Å². The molecule has 1 saturated heterocycles. The van der Waals surface area contributed by atoms with Crippen LogP contribution < -0.4 is 4.74 Å². The van der Waals surface area contributed by atoms with Crippen molar-refractivity contribution in [3.8, 4) is 11.5 Å². The highest BCUT2D eigenvalue weighted by Crippen LogP contribution is 2.30. The Balaban J connectivity index is 1.21. The van der Waals surface area contributed by atoms with E-state index in [-0.39, 0.29) is 11.8 Å². The minimum atomic E-state index is 0.0530. The minimum absolute atomic E-state index is 0.0530. The summed E-state index contributed by atoms with van der Waals surface area (Å²) in [5, 5.41) is 0. The average Bonchev–Trinajstić information content (AvgIpc) is 3.24. The number of aromatic nitrogens is 1. The molecule has 0 aliphatic carbocycles. The lowest BCUT2D eigenvalue weighted by molar-refractivity contribution is 0.0706. The van der Waals surface area contributed by atoms with Gasteiger partial charge >= 0.3 is 0 Å². The fraction of sp³-hybridized carbons (Fsp3) is 0.200. The van der Waals surface area contributed by atoms with Crippen LogP contribution >= 0.6 is 0 Å². The molecule has 1 amide bonds. The van der Waals surface area contributed by atoms with Crippen molar-refractivity contribution in [2.75, 3.05) is 13.1 Å². The third-order valence-electron chi connectivity index (χ3n) is 5.52. The number of oxazole rings is 1. The predicted octanol–water partition coefficient (Wildman–Crippen LogP) is 5.64. The first-order valence-corrected chi connectivity index (χ1v) is 10.2. The van der Waals surface area contributed by atoms with E-state index in [9.17, 15) is 4.79 Å². The number of carbonyl (C=O) groups excluding carboxylic acids is 1. The molecule has 0 saturated carbocycles. The zero-order chi connectivity index (χ0) is 20.3. The molecule has 2 heterocycles. The summed E-state index contributed by atoms with van der Waals surface area (Å²) in [6.07, 6.45) is 1.71. The number of carbonyl (C=O) groups is 1. The van der Waals surface area contributed by atoms with Crippen molar-refractivity contribution >= 4 is 17.0 Å².